The van der Waals surface area contributed by atoms with Gasteiger partial charge in [-0.1, -0.05) is 6.92 Å². The Balaban J connectivity index is 2.44. The SMILES string of the molecule is CCC1=NC(C)NN1. The van der Waals surface area contributed by atoms with E-state index in [2.05, 4.69) is 22.8 Å². The van der Waals surface area contributed by atoms with Gasteiger partial charge in [0, 0.05) is 6.42 Å². The van der Waals surface area contributed by atoms with Gasteiger partial charge >= 0.3 is 0 Å². The second kappa shape index (κ2) is 2.13. The fourth-order valence-corrected chi connectivity index (χ4v) is 0.666. The summed E-state index contributed by atoms with van der Waals surface area (Å²) < 4.78 is 0. The van der Waals surface area contributed by atoms with Gasteiger partial charge in [-0.3, -0.25) is 4.99 Å². The second-order valence-corrected chi connectivity index (χ2v) is 1.87. The molecule has 2 N–H and O–H groups in total. The van der Waals surface area contributed by atoms with Crippen LogP contribution in [0, 0.1) is 0 Å². The summed E-state index contributed by atoms with van der Waals surface area (Å²) in [6.45, 7) is 4.08. The molecule has 1 rings (SSSR count). The molecular weight excluding hydrogens is 102 g/mol. The molecule has 0 aromatic heterocycles. The lowest BCUT2D eigenvalue weighted by Gasteiger charge is -1.96. The molecule has 8 heavy (non-hydrogen) atoms. The van der Waals surface area contributed by atoms with Gasteiger partial charge in [0.15, 0.2) is 0 Å². The molecule has 0 saturated heterocycles. The quantitative estimate of drug-likeness (QED) is 0.511. The number of hydrazine groups is 1. The van der Waals surface area contributed by atoms with Crippen molar-refractivity contribution >= 4 is 5.84 Å². The molecule has 0 spiro atoms. The smallest absolute Gasteiger partial charge is 0.115 e. The standard InChI is InChI=1S/C5H11N3/c1-3-5-6-4(2)7-8-5/h4,7H,3H2,1-2H3,(H,6,8). The van der Waals surface area contributed by atoms with Crippen molar-refractivity contribution in [3.63, 3.8) is 0 Å². The lowest BCUT2D eigenvalue weighted by Crippen LogP contribution is -2.33. The molecule has 1 unspecified atom stereocenters. The van der Waals surface area contributed by atoms with E-state index in [-0.39, 0.29) is 6.17 Å². The minimum absolute atomic E-state index is 0.255. The maximum absolute atomic E-state index is 4.20. The summed E-state index contributed by atoms with van der Waals surface area (Å²) in [5, 5.41) is 0. The van der Waals surface area contributed by atoms with E-state index >= 15 is 0 Å². The molecule has 1 heterocycles. The second-order valence-electron chi connectivity index (χ2n) is 1.87. The molecule has 0 amide bonds. The molecule has 0 saturated carbocycles. The fraction of sp³-hybridized carbons (Fsp3) is 0.800. The summed E-state index contributed by atoms with van der Waals surface area (Å²) in [6, 6.07) is 0. The number of nitrogens with one attached hydrogen (secondary N) is 2. The topological polar surface area (TPSA) is 36.4 Å². The Morgan fingerprint density at radius 2 is 2.50 bits per heavy atom. The Morgan fingerprint density at radius 3 is 2.75 bits per heavy atom. The first kappa shape index (κ1) is 5.56. The van der Waals surface area contributed by atoms with Crippen LogP contribution in [0.5, 0.6) is 0 Å². The molecule has 3 heteroatoms. The van der Waals surface area contributed by atoms with E-state index in [0.29, 0.717) is 0 Å². The molecule has 0 aliphatic carbocycles. The van der Waals surface area contributed by atoms with Crippen LogP contribution in [0.15, 0.2) is 4.99 Å². The van der Waals surface area contributed by atoms with E-state index in [4.69, 9.17) is 0 Å². The maximum Gasteiger partial charge on any atom is 0.115 e. The van der Waals surface area contributed by atoms with Crippen molar-refractivity contribution in [2.24, 2.45) is 4.99 Å². The van der Waals surface area contributed by atoms with Crippen molar-refractivity contribution in [1.82, 2.24) is 10.9 Å². The summed E-state index contributed by atoms with van der Waals surface area (Å²) in [5.74, 6) is 1.05. The predicted octanol–water partition coefficient (Wildman–Crippen LogP) is 0.249. The zero-order valence-electron chi connectivity index (χ0n) is 5.23. The van der Waals surface area contributed by atoms with Crippen LogP contribution in [-0.4, -0.2) is 12.0 Å². The molecule has 1 aliphatic rings. The highest BCUT2D eigenvalue weighted by Gasteiger charge is 2.06. The number of rotatable bonds is 1. The highest BCUT2D eigenvalue weighted by Crippen LogP contribution is 1.92. The molecule has 0 aromatic rings. The first-order chi connectivity index (χ1) is 3.83. The highest BCUT2D eigenvalue weighted by atomic mass is 15.5. The van der Waals surface area contributed by atoms with Crippen LogP contribution in [0.2, 0.25) is 0 Å². The van der Waals surface area contributed by atoms with Gasteiger partial charge in [-0.15, -0.1) is 0 Å². The van der Waals surface area contributed by atoms with E-state index in [1.807, 2.05) is 6.92 Å². The maximum atomic E-state index is 4.20. The Bertz CT molecular complexity index is 108. The van der Waals surface area contributed by atoms with Gasteiger partial charge in [0.25, 0.3) is 0 Å². The molecule has 46 valence electrons. The molecule has 0 aromatic carbocycles. The lowest BCUT2D eigenvalue weighted by atomic mass is 10.4. The number of hydrogen-bond acceptors (Lipinski definition) is 3. The van der Waals surface area contributed by atoms with Crippen LogP contribution in [0.3, 0.4) is 0 Å². The van der Waals surface area contributed by atoms with Gasteiger partial charge in [0.1, 0.15) is 12.0 Å². The molecule has 0 fully saturated rings. The first-order valence-corrected chi connectivity index (χ1v) is 2.91. The van der Waals surface area contributed by atoms with E-state index in [1.54, 1.807) is 0 Å². The first-order valence-electron chi connectivity index (χ1n) is 2.91. The predicted molar refractivity (Wildman–Crippen MR) is 33.5 cm³/mol. The molecule has 1 aliphatic heterocycles. The van der Waals surface area contributed by atoms with Gasteiger partial charge in [-0.05, 0) is 6.92 Å². The van der Waals surface area contributed by atoms with Crippen LogP contribution >= 0.6 is 0 Å². The molecule has 0 bridgehead atoms. The summed E-state index contributed by atoms with van der Waals surface area (Å²) >= 11 is 0. The average Bonchev–Trinajstić information content (AvgIpc) is 2.14. The molecule has 3 nitrogen and oxygen atoms in total. The van der Waals surface area contributed by atoms with Crippen LogP contribution in [0.25, 0.3) is 0 Å². The fourth-order valence-electron chi connectivity index (χ4n) is 0.666. The molecule has 0 radical (unpaired) electrons. The number of aliphatic imine (C=N–C) groups is 1. The third kappa shape index (κ3) is 0.980. The van der Waals surface area contributed by atoms with Gasteiger partial charge < -0.3 is 5.43 Å². The summed E-state index contributed by atoms with van der Waals surface area (Å²) in [6.07, 6.45) is 1.24. The monoisotopic (exact) mass is 113 g/mol. The zero-order chi connectivity index (χ0) is 5.98. The van der Waals surface area contributed by atoms with Crippen LogP contribution < -0.4 is 10.9 Å². The molecule has 1 atom stereocenters. The van der Waals surface area contributed by atoms with E-state index in [9.17, 15) is 0 Å². The Kier molecular flexibility index (Phi) is 1.48. The van der Waals surface area contributed by atoms with Crippen LogP contribution in [0.1, 0.15) is 20.3 Å². The Hall–Kier alpha value is -0.570. The third-order valence-corrected chi connectivity index (χ3v) is 1.11. The van der Waals surface area contributed by atoms with Crippen molar-refractivity contribution in [2.75, 3.05) is 0 Å². The molecular formula is C5H11N3. The van der Waals surface area contributed by atoms with Crippen LogP contribution in [-0.2, 0) is 0 Å². The minimum atomic E-state index is 0.255. The number of hydrogen-bond donors (Lipinski definition) is 2. The normalized spacial score (nSPS) is 27.2. The van der Waals surface area contributed by atoms with Crippen molar-refractivity contribution in [1.29, 1.82) is 0 Å². The third-order valence-electron chi connectivity index (χ3n) is 1.11. The van der Waals surface area contributed by atoms with Crippen molar-refractivity contribution in [3.8, 4) is 0 Å². The van der Waals surface area contributed by atoms with E-state index in [0.717, 1.165) is 12.3 Å². The Morgan fingerprint density at radius 1 is 1.75 bits per heavy atom. The van der Waals surface area contributed by atoms with Gasteiger partial charge in [-0.25, -0.2) is 5.43 Å². The van der Waals surface area contributed by atoms with Crippen molar-refractivity contribution < 1.29 is 0 Å². The van der Waals surface area contributed by atoms with E-state index < -0.39 is 0 Å². The lowest BCUT2D eigenvalue weighted by molar-refractivity contribution is 0.588. The largest absolute Gasteiger partial charge is 0.308 e. The van der Waals surface area contributed by atoms with Crippen molar-refractivity contribution in [2.45, 2.75) is 26.4 Å². The van der Waals surface area contributed by atoms with E-state index in [1.165, 1.54) is 0 Å². The summed E-state index contributed by atoms with van der Waals surface area (Å²) in [7, 11) is 0. The minimum Gasteiger partial charge on any atom is -0.308 e. The number of nitrogens with zero attached hydrogens (tertiary/aromatic N) is 1. The number of amidine groups is 1. The van der Waals surface area contributed by atoms with Gasteiger partial charge in [0.05, 0.1) is 0 Å². The summed E-state index contributed by atoms with van der Waals surface area (Å²) in [4.78, 5) is 4.20. The average molecular weight is 113 g/mol. The van der Waals surface area contributed by atoms with Crippen LogP contribution in [0.4, 0.5) is 0 Å². The van der Waals surface area contributed by atoms with Gasteiger partial charge in [0.2, 0.25) is 0 Å². The van der Waals surface area contributed by atoms with Gasteiger partial charge in [-0.2, -0.15) is 0 Å². The zero-order valence-corrected chi connectivity index (χ0v) is 5.23. The highest BCUT2D eigenvalue weighted by molar-refractivity contribution is 5.82. The summed E-state index contributed by atoms with van der Waals surface area (Å²) in [5.41, 5.74) is 5.92. The Labute approximate surface area is 49.2 Å². The van der Waals surface area contributed by atoms with Crippen molar-refractivity contribution in [3.05, 3.63) is 0 Å².